The molecule has 1 aliphatic rings. The summed E-state index contributed by atoms with van der Waals surface area (Å²) in [5.41, 5.74) is 6.48. The maximum atomic E-state index is 10.6. The van der Waals surface area contributed by atoms with E-state index in [1.165, 1.54) is 17.8 Å². The molecule has 0 aliphatic carbocycles. The van der Waals surface area contributed by atoms with E-state index in [0.717, 1.165) is 11.3 Å². The van der Waals surface area contributed by atoms with Gasteiger partial charge in [-0.15, -0.1) is 0 Å². The molecule has 1 atom stereocenters. The van der Waals surface area contributed by atoms with Gasteiger partial charge in [-0.05, 0) is 5.56 Å². The maximum Gasteiger partial charge on any atom is 0.269 e. The average Bonchev–Trinajstić information content (AvgIpc) is 2.65. The quantitative estimate of drug-likeness (QED) is 0.611. The number of rotatable bonds is 2. The summed E-state index contributed by atoms with van der Waals surface area (Å²) in [6, 6.07) is 6.48. The number of non-ortho nitro benzene ring substituents is 1. The van der Waals surface area contributed by atoms with Crippen molar-refractivity contribution in [3.63, 3.8) is 0 Å². The molecule has 78 valence electrons. The number of nitro benzene ring substituents is 1. The van der Waals surface area contributed by atoms with Crippen LogP contribution >= 0.6 is 11.8 Å². The topological polar surface area (TPSA) is 81.5 Å². The lowest BCUT2D eigenvalue weighted by Gasteiger charge is -2.04. The van der Waals surface area contributed by atoms with Gasteiger partial charge in [0.05, 0.1) is 11.0 Å². The van der Waals surface area contributed by atoms with E-state index in [4.69, 9.17) is 5.73 Å². The van der Waals surface area contributed by atoms with Crippen LogP contribution in [0.5, 0.6) is 0 Å². The molecule has 0 saturated carbocycles. The summed E-state index contributed by atoms with van der Waals surface area (Å²) in [5.74, 6) is 0.757. The Balaban J connectivity index is 2.29. The van der Waals surface area contributed by atoms with Gasteiger partial charge in [0, 0.05) is 17.9 Å². The van der Waals surface area contributed by atoms with Gasteiger partial charge < -0.3 is 5.73 Å². The number of nitrogens with zero attached hydrogens (tertiary/aromatic N) is 2. The minimum Gasteiger partial charge on any atom is -0.379 e. The van der Waals surface area contributed by atoms with E-state index in [1.807, 2.05) is 6.07 Å². The van der Waals surface area contributed by atoms with E-state index in [0.29, 0.717) is 5.17 Å². The maximum absolute atomic E-state index is 10.6. The fourth-order valence-electron chi connectivity index (χ4n) is 1.41. The van der Waals surface area contributed by atoms with Crippen LogP contribution in [0.2, 0.25) is 0 Å². The fraction of sp³-hybridized carbons (Fsp3) is 0.222. The first-order valence-corrected chi connectivity index (χ1v) is 5.36. The van der Waals surface area contributed by atoms with Crippen LogP contribution in [0.15, 0.2) is 29.3 Å². The molecule has 15 heavy (non-hydrogen) atoms. The van der Waals surface area contributed by atoms with Crippen LogP contribution < -0.4 is 5.73 Å². The highest BCUT2D eigenvalue weighted by atomic mass is 32.2. The molecule has 1 aromatic rings. The highest BCUT2D eigenvalue weighted by molar-refractivity contribution is 8.14. The number of thioether (sulfide) groups is 1. The van der Waals surface area contributed by atoms with Crippen LogP contribution in [0, 0.1) is 10.1 Å². The molecule has 0 unspecified atom stereocenters. The standard InChI is InChI=1S/C9H9N3O2S/c10-9-11-8(5-15-9)6-2-1-3-7(4-6)12(13)14/h1-4,8H,5H2,(H2,10,11)/t8-/m0/s1. The molecule has 1 aliphatic heterocycles. The Morgan fingerprint density at radius 1 is 1.60 bits per heavy atom. The molecule has 5 nitrogen and oxygen atoms in total. The van der Waals surface area contributed by atoms with Crippen molar-refractivity contribution in [1.29, 1.82) is 0 Å². The van der Waals surface area contributed by atoms with Crippen LogP contribution in [-0.2, 0) is 0 Å². The predicted octanol–water partition coefficient (Wildman–Crippen LogP) is 1.70. The van der Waals surface area contributed by atoms with Gasteiger partial charge in [-0.3, -0.25) is 15.1 Å². The normalized spacial score (nSPS) is 20.0. The molecular weight excluding hydrogens is 214 g/mol. The Morgan fingerprint density at radius 2 is 2.40 bits per heavy atom. The van der Waals surface area contributed by atoms with Crippen LogP contribution in [0.3, 0.4) is 0 Å². The molecular formula is C9H9N3O2S. The zero-order chi connectivity index (χ0) is 10.8. The Hall–Kier alpha value is -1.56. The fourth-order valence-corrected chi connectivity index (χ4v) is 2.21. The minimum atomic E-state index is -0.404. The van der Waals surface area contributed by atoms with Gasteiger partial charge >= 0.3 is 0 Å². The highest BCUT2D eigenvalue weighted by Gasteiger charge is 2.19. The second-order valence-corrected chi connectivity index (χ2v) is 4.19. The van der Waals surface area contributed by atoms with Crippen LogP contribution in [0.4, 0.5) is 5.69 Å². The van der Waals surface area contributed by atoms with Crippen LogP contribution in [-0.4, -0.2) is 15.8 Å². The second-order valence-electron chi connectivity index (χ2n) is 3.15. The molecule has 0 radical (unpaired) electrons. The van der Waals surface area contributed by atoms with Crippen molar-refractivity contribution in [3.05, 3.63) is 39.9 Å². The first kappa shape index (κ1) is 9.97. The van der Waals surface area contributed by atoms with Crippen molar-refractivity contribution in [2.24, 2.45) is 10.7 Å². The van der Waals surface area contributed by atoms with Gasteiger partial charge in [-0.2, -0.15) is 0 Å². The van der Waals surface area contributed by atoms with Crippen molar-refractivity contribution in [1.82, 2.24) is 0 Å². The lowest BCUT2D eigenvalue weighted by Crippen LogP contribution is -2.01. The molecule has 2 rings (SSSR count). The van der Waals surface area contributed by atoms with Crippen molar-refractivity contribution in [2.75, 3.05) is 5.75 Å². The summed E-state index contributed by atoms with van der Waals surface area (Å²) in [7, 11) is 0. The number of benzene rings is 1. The number of nitro groups is 1. The van der Waals surface area contributed by atoms with Crippen molar-refractivity contribution in [2.45, 2.75) is 6.04 Å². The van der Waals surface area contributed by atoms with Gasteiger partial charge in [0.25, 0.3) is 5.69 Å². The molecule has 0 fully saturated rings. The average molecular weight is 223 g/mol. The molecule has 1 aromatic carbocycles. The van der Waals surface area contributed by atoms with Gasteiger partial charge in [0.2, 0.25) is 0 Å². The number of amidine groups is 1. The minimum absolute atomic E-state index is 0.0464. The first-order valence-electron chi connectivity index (χ1n) is 4.37. The summed E-state index contributed by atoms with van der Waals surface area (Å²) in [5, 5.41) is 11.1. The number of aliphatic imine (C=N–C) groups is 1. The lowest BCUT2D eigenvalue weighted by atomic mass is 10.1. The second kappa shape index (κ2) is 3.90. The molecule has 0 bridgehead atoms. The SMILES string of the molecule is NC1=N[C@H](c2cccc([N+](=O)[O-])c2)CS1. The largest absolute Gasteiger partial charge is 0.379 e. The van der Waals surface area contributed by atoms with E-state index in [2.05, 4.69) is 4.99 Å². The first-order chi connectivity index (χ1) is 7.16. The molecule has 1 heterocycles. The molecule has 6 heteroatoms. The van der Waals surface area contributed by atoms with Crippen molar-refractivity contribution >= 4 is 22.6 Å². The Morgan fingerprint density at radius 3 is 3.00 bits per heavy atom. The monoisotopic (exact) mass is 223 g/mol. The predicted molar refractivity (Wildman–Crippen MR) is 59.9 cm³/mol. The van der Waals surface area contributed by atoms with E-state index < -0.39 is 4.92 Å². The zero-order valence-electron chi connectivity index (χ0n) is 7.79. The zero-order valence-corrected chi connectivity index (χ0v) is 8.61. The van der Waals surface area contributed by atoms with Crippen molar-refractivity contribution in [3.8, 4) is 0 Å². The summed E-state index contributed by atoms with van der Waals surface area (Å²) in [6.45, 7) is 0. The number of nitrogens with two attached hydrogens (primary N) is 1. The number of hydrogen-bond donors (Lipinski definition) is 1. The van der Waals surface area contributed by atoms with Gasteiger partial charge in [0.1, 0.15) is 0 Å². The van der Waals surface area contributed by atoms with E-state index in [-0.39, 0.29) is 11.7 Å². The summed E-state index contributed by atoms with van der Waals surface area (Å²) < 4.78 is 0. The molecule has 0 aromatic heterocycles. The lowest BCUT2D eigenvalue weighted by molar-refractivity contribution is -0.384. The van der Waals surface area contributed by atoms with Gasteiger partial charge in [0.15, 0.2) is 5.17 Å². The van der Waals surface area contributed by atoms with Crippen molar-refractivity contribution < 1.29 is 4.92 Å². The third-order valence-corrected chi connectivity index (χ3v) is 3.02. The molecule has 0 spiro atoms. The Labute approximate surface area is 90.5 Å². The summed E-state index contributed by atoms with van der Waals surface area (Å²) in [6.07, 6.45) is 0. The summed E-state index contributed by atoms with van der Waals surface area (Å²) in [4.78, 5) is 14.4. The third-order valence-electron chi connectivity index (χ3n) is 2.14. The molecule has 0 amide bonds. The van der Waals surface area contributed by atoms with Crippen LogP contribution in [0.1, 0.15) is 11.6 Å². The van der Waals surface area contributed by atoms with Gasteiger partial charge in [-0.25, -0.2) is 0 Å². The van der Waals surface area contributed by atoms with E-state index in [1.54, 1.807) is 12.1 Å². The smallest absolute Gasteiger partial charge is 0.269 e. The summed E-state index contributed by atoms with van der Waals surface area (Å²) >= 11 is 1.47. The number of hydrogen-bond acceptors (Lipinski definition) is 5. The van der Waals surface area contributed by atoms with Crippen LogP contribution in [0.25, 0.3) is 0 Å². The van der Waals surface area contributed by atoms with E-state index >= 15 is 0 Å². The highest BCUT2D eigenvalue weighted by Crippen LogP contribution is 2.30. The Bertz CT molecular complexity index is 433. The van der Waals surface area contributed by atoms with E-state index in [9.17, 15) is 10.1 Å². The van der Waals surface area contributed by atoms with Gasteiger partial charge in [-0.1, -0.05) is 23.9 Å². The molecule has 2 N–H and O–H groups in total. The Kier molecular flexibility index (Phi) is 2.59. The molecule has 0 saturated heterocycles. The third kappa shape index (κ3) is 2.10.